The highest BCUT2D eigenvalue weighted by Gasteiger charge is 2.14. The lowest BCUT2D eigenvalue weighted by atomic mass is 9.84. The monoisotopic (exact) mass is 176 g/mol. The minimum Gasteiger partial charge on any atom is -0.0648 e. The molecule has 0 amide bonds. The Morgan fingerprint density at radius 3 is 2.23 bits per heavy atom. The quantitative estimate of drug-likeness (QED) is 0.649. The molecular weight excluding hydrogens is 156 g/mol. The summed E-state index contributed by atoms with van der Waals surface area (Å²) in [5, 5.41) is 0. The third-order valence-electron chi connectivity index (χ3n) is 2.83. The Kier molecular flexibility index (Phi) is 3.53. The van der Waals surface area contributed by atoms with E-state index in [-0.39, 0.29) is 0 Å². The van der Waals surface area contributed by atoms with E-state index in [9.17, 15) is 0 Å². The molecule has 1 aromatic carbocycles. The first-order chi connectivity index (χ1) is 6.16. The molecular formula is C13H20. The first-order valence-corrected chi connectivity index (χ1v) is 5.22. The number of hydrogen-bond acceptors (Lipinski definition) is 0. The standard InChI is InChI=1S/C13H20/c1-5-12(10(2)3)13-9-7-6-8-11(13)4/h6-10,12H,5H2,1-4H3. The normalized spacial score (nSPS) is 13.3. The summed E-state index contributed by atoms with van der Waals surface area (Å²) in [6.45, 7) is 9.10. The van der Waals surface area contributed by atoms with Gasteiger partial charge < -0.3 is 0 Å². The van der Waals surface area contributed by atoms with Crippen LogP contribution in [0.15, 0.2) is 24.3 Å². The van der Waals surface area contributed by atoms with Gasteiger partial charge in [0.2, 0.25) is 0 Å². The molecule has 0 heteroatoms. The molecule has 0 saturated heterocycles. The molecule has 0 radical (unpaired) electrons. The first kappa shape index (κ1) is 10.3. The van der Waals surface area contributed by atoms with Gasteiger partial charge in [-0.05, 0) is 36.3 Å². The first-order valence-electron chi connectivity index (χ1n) is 5.22. The molecule has 0 aliphatic rings. The zero-order valence-corrected chi connectivity index (χ0v) is 9.17. The fraction of sp³-hybridized carbons (Fsp3) is 0.538. The van der Waals surface area contributed by atoms with E-state index in [2.05, 4.69) is 52.0 Å². The van der Waals surface area contributed by atoms with Crippen LogP contribution in [0.25, 0.3) is 0 Å². The summed E-state index contributed by atoms with van der Waals surface area (Å²) in [6.07, 6.45) is 1.24. The summed E-state index contributed by atoms with van der Waals surface area (Å²) < 4.78 is 0. The van der Waals surface area contributed by atoms with Gasteiger partial charge in [-0.1, -0.05) is 45.0 Å². The summed E-state index contributed by atoms with van der Waals surface area (Å²) in [6, 6.07) is 8.74. The van der Waals surface area contributed by atoms with Crippen LogP contribution in [0.5, 0.6) is 0 Å². The molecule has 0 spiro atoms. The summed E-state index contributed by atoms with van der Waals surface area (Å²) in [4.78, 5) is 0. The maximum atomic E-state index is 2.31. The van der Waals surface area contributed by atoms with E-state index in [0.717, 1.165) is 11.8 Å². The van der Waals surface area contributed by atoms with Gasteiger partial charge in [0.25, 0.3) is 0 Å². The van der Waals surface area contributed by atoms with E-state index < -0.39 is 0 Å². The van der Waals surface area contributed by atoms with Crippen LogP contribution in [0.3, 0.4) is 0 Å². The molecule has 1 atom stereocenters. The molecule has 0 aromatic heterocycles. The van der Waals surface area contributed by atoms with Crippen molar-refractivity contribution in [3.8, 4) is 0 Å². The highest BCUT2D eigenvalue weighted by molar-refractivity contribution is 5.29. The Morgan fingerprint density at radius 2 is 1.77 bits per heavy atom. The molecule has 0 heterocycles. The molecule has 0 aliphatic carbocycles. The SMILES string of the molecule is CCC(c1ccccc1C)C(C)C. The van der Waals surface area contributed by atoms with Crippen LogP contribution >= 0.6 is 0 Å². The smallest absolute Gasteiger partial charge is 0.0139 e. The summed E-state index contributed by atoms with van der Waals surface area (Å²) in [5.74, 6) is 1.47. The molecule has 0 N–H and O–H groups in total. The van der Waals surface area contributed by atoms with Crippen LogP contribution in [0.2, 0.25) is 0 Å². The van der Waals surface area contributed by atoms with Crippen molar-refractivity contribution in [3.05, 3.63) is 35.4 Å². The van der Waals surface area contributed by atoms with Gasteiger partial charge in [-0.3, -0.25) is 0 Å². The molecule has 0 saturated carbocycles. The van der Waals surface area contributed by atoms with Gasteiger partial charge in [0.15, 0.2) is 0 Å². The molecule has 0 bridgehead atoms. The number of aryl methyl sites for hydroxylation is 1. The van der Waals surface area contributed by atoms with Crippen LogP contribution in [0.1, 0.15) is 44.2 Å². The van der Waals surface area contributed by atoms with Gasteiger partial charge in [0.1, 0.15) is 0 Å². The van der Waals surface area contributed by atoms with E-state index in [1.54, 1.807) is 0 Å². The number of hydrogen-bond donors (Lipinski definition) is 0. The van der Waals surface area contributed by atoms with Gasteiger partial charge in [0, 0.05) is 0 Å². The van der Waals surface area contributed by atoms with Gasteiger partial charge in [-0.2, -0.15) is 0 Å². The third-order valence-corrected chi connectivity index (χ3v) is 2.83. The van der Waals surface area contributed by atoms with Crippen molar-refractivity contribution in [3.63, 3.8) is 0 Å². The predicted octanol–water partition coefficient (Wildman–Crippen LogP) is 4.14. The number of rotatable bonds is 3. The van der Waals surface area contributed by atoms with Crippen molar-refractivity contribution >= 4 is 0 Å². The van der Waals surface area contributed by atoms with Crippen molar-refractivity contribution in [2.24, 2.45) is 5.92 Å². The lowest BCUT2D eigenvalue weighted by Crippen LogP contribution is -2.06. The van der Waals surface area contributed by atoms with Gasteiger partial charge in [-0.15, -0.1) is 0 Å². The molecule has 0 nitrogen and oxygen atoms in total. The topological polar surface area (TPSA) is 0 Å². The molecule has 1 aromatic rings. The van der Waals surface area contributed by atoms with Gasteiger partial charge >= 0.3 is 0 Å². The van der Waals surface area contributed by atoms with E-state index in [1.807, 2.05) is 0 Å². The molecule has 0 fully saturated rings. The lowest BCUT2D eigenvalue weighted by molar-refractivity contribution is 0.483. The minimum absolute atomic E-state index is 0.723. The highest BCUT2D eigenvalue weighted by Crippen LogP contribution is 2.29. The fourth-order valence-electron chi connectivity index (χ4n) is 2.05. The van der Waals surface area contributed by atoms with Gasteiger partial charge in [0.05, 0.1) is 0 Å². The molecule has 1 rings (SSSR count). The second kappa shape index (κ2) is 4.45. The molecule has 0 aliphatic heterocycles. The van der Waals surface area contributed by atoms with Crippen LogP contribution < -0.4 is 0 Å². The zero-order valence-electron chi connectivity index (χ0n) is 9.17. The maximum Gasteiger partial charge on any atom is -0.0139 e. The summed E-state index contributed by atoms with van der Waals surface area (Å²) in [7, 11) is 0. The van der Waals surface area contributed by atoms with Crippen LogP contribution in [0.4, 0.5) is 0 Å². The second-order valence-electron chi connectivity index (χ2n) is 4.12. The maximum absolute atomic E-state index is 2.31. The summed E-state index contributed by atoms with van der Waals surface area (Å²) >= 11 is 0. The Balaban J connectivity index is 2.97. The van der Waals surface area contributed by atoms with Crippen LogP contribution in [-0.4, -0.2) is 0 Å². The van der Waals surface area contributed by atoms with Crippen molar-refractivity contribution in [2.45, 2.75) is 40.0 Å². The largest absolute Gasteiger partial charge is 0.0648 e. The lowest BCUT2D eigenvalue weighted by Gasteiger charge is -2.21. The zero-order chi connectivity index (χ0) is 9.84. The number of benzene rings is 1. The van der Waals surface area contributed by atoms with E-state index in [0.29, 0.717) is 0 Å². The van der Waals surface area contributed by atoms with Crippen molar-refractivity contribution in [2.75, 3.05) is 0 Å². The van der Waals surface area contributed by atoms with Crippen molar-refractivity contribution < 1.29 is 0 Å². The Labute approximate surface area is 82.0 Å². The Bertz CT molecular complexity index is 260. The van der Waals surface area contributed by atoms with E-state index in [4.69, 9.17) is 0 Å². The minimum atomic E-state index is 0.723. The van der Waals surface area contributed by atoms with Crippen LogP contribution in [0, 0.1) is 12.8 Å². The predicted molar refractivity (Wildman–Crippen MR) is 59.0 cm³/mol. The second-order valence-corrected chi connectivity index (χ2v) is 4.12. The van der Waals surface area contributed by atoms with Gasteiger partial charge in [-0.25, -0.2) is 0 Å². The van der Waals surface area contributed by atoms with Crippen molar-refractivity contribution in [1.82, 2.24) is 0 Å². The van der Waals surface area contributed by atoms with E-state index >= 15 is 0 Å². The van der Waals surface area contributed by atoms with E-state index in [1.165, 1.54) is 17.5 Å². The Morgan fingerprint density at radius 1 is 1.15 bits per heavy atom. The molecule has 13 heavy (non-hydrogen) atoms. The average Bonchev–Trinajstić information content (AvgIpc) is 2.09. The third kappa shape index (κ3) is 2.33. The van der Waals surface area contributed by atoms with Crippen LogP contribution in [-0.2, 0) is 0 Å². The fourth-order valence-corrected chi connectivity index (χ4v) is 2.05. The highest BCUT2D eigenvalue weighted by atomic mass is 14.2. The molecule has 1 unspecified atom stereocenters. The average molecular weight is 176 g/mol. The summed E-state index contributed by atoms with van der Waals surface area (Å²) in [5.41, 5.74) is 2.96. The Hall–Kier alpha value is -0.780. The van der Waals surface area contributed by atoms with Crippen molar-refractivity contribution in [1.29, 1.82) is 0 Å². The molecule has 72 valence electrons.